The highest BCUT2D eigenvalue weighted by Gasteiger charge is 2.23. The van der Waals surface area contributed by atoms with Crippen LogP contribution in [0, 0.1) is 18.8 Å². The van der Waals surface area contributed by atoms with Gasteiger partial charge in [-0.1, -0.05) is 6.92 Å². The van der Waals surface area contributed by atoms with Gasteiger partial charge >= 0.3 is 0 Å². The molecule has 0 radical (unpaired) electrons. The van der Waals surface area contributed by atoms with Gasteiger partial charge in [-0.3, -0.25) is 4.79 Å². The summed E-state index contributed by atoms with van der Waals surface area (Å²) in [5.41, 5.74) is 0. The fourth-order valence-electron chi connectivity index (χ4n) is 2.81. The Bertz CT molecular complexity index is 440. The summed E-state index contributed by atoms with van der Waals surface area (Å²) in [4.78, 5) is 17.7. The Balaban J connectivity index is 1.79. The number of aromatic nitrogens is 1. The van der Waals surface area contributed by atoms with E-state index in [1.807, 2.05) is 20.0 Å². The van der Waals surface area contributed by atoms with Crippen LogP contribution in [-0.4, -0.2) is 24.0 Å². The second-order valence-electron chi connectivity index (χ2n) is 5.87. The number of thiazole rings is 1. The monoisotopic (exact) mass is 295 g/mol. The maximum atomic E-state index is 12.1. The molecule has 2 heterocycles. The summed E-state index contributed by atoms with van der Waals surface area (Å²) in [7, 11) is 0. The van der Waals surface area contributed by atoms with Crippen LogP contribution in [-0.2, 0) is 4.79 Å². The zero-order chi connectivity index (χ0) is 14.5. The van der Waals surface area contributed by atoms with Crippen molar-refractivity contribution in [1.29, 1.82) is 0 Å². The lowest BCUT2D eigenvalue weighted by molar-refractivity contribution is -0.123. The lowest BCUT2D eigenvalue weighted by atomic mass is 9.84. The number of aryl methyl sites for hydroxylation is 1. The van der Waals surface area contributed by atoms with E-state index in [2.05, 4.69) is 22.5 Å². The molecule has 1 aromatic heterocycles. The molecule has 0 aliphatic carbocycles. The van der Waals surface area contributed by atoms with E-state index < -0.39 is 0 Å². The van der Waals surface area contributed by atoms with Gasteiger partial charge in [0.2, 0.25) is 5.91 Å². The summed E-state index contributed by atoms with van der Waals surface area (Å²) in [5.74, 6) is 1.29. The zero-order valence-corrected chi connectivity index (χ0v) is 13.4. The standard InChI is InChI=1S/C15H25N3OS/c1-10(13-4-6-16-7-5-13)8-14(19)18-12(3)15-17-9-11(2)20-15/h9-10,12-13,16H,4-8H2,1-3H3,(H,18,19). The maximum absolute atomic E-state index is 12.1. The second kappa shape index (κ2) is 7.18. The lowest BCUT2D eigenvalue weighted by Crippen LogP contribution is -2.34. The number of carbonyl (C=O) groups is 1. The Morgan fingerprint density at radius 1 is 1.50 bits per heavy atom. The van der Waals surface area contributed by atoms with Crippen molar-refractivity contribution >= 4 is 17.2 Å². The number of amides is 1. The van der Waals surface area contributed by atoms with Crippen LogP contribution < -0.4 is 10.6 Å². The minimum atomic E-state index is 0.0152. The van der Waals surface area contributed by atoms with Crippen LogP contribution >= 0.6 is 11.3 Å². The van der Waals surface area contributed by atoms with Gasteiger partial charge in [0.05, 0.1) is 6.04 Å². The minimum Gasteiger partial charge on any atom is -0.347 e. The molecule has 2 atom stereocenters. The van der Waals surface area contributed by atoms with Gasteiger partial charge in [0, 0.05) is 17.5 Å². The van der Waals surface area contributed by atoms with Crippen LogP contribution in [0.3, 0.4) is 0 Å². The molecule has 1 aliphatic rings. The lowest BCUT2D eigenvalue weighted by Gasteiger charge is -2.28. The van der Waals surface area contributed by atoms with Gasteiger partial charge in [-0.15, -0.1) is 11.3 Å². The van der Waals surface area contributed by atoms with E-state index in [9.17, 15) is 4.79 Å². The highest BCUT2D eigenvalue weighted by atomic mass is 32.1. The number of nitrogens with one attached hydrogen (secondary N) is 2. The summed E-state index contributed by atoms with van der Waals surface area (Å²) in [6, 6.07) is 0.0152. The molecule has 1 amide bonds. The SMILES string of the molecule is Cc1cnc(C(C)NC(=O)CC(C)C2CCNCC2)s1. The van der Waals surface area contributed by atoms with Crippen molar-refractivity contribution in [2.24, 2.45) is 11.8 Å². The fraction of sp³-hybridized carbons (Fsp3) is 0.733. The molecule has 1 aliphatic heterocycles. The number of hydrogen-bond acceptors (Lipinski definition) is 4. The summed E-state index contributed by atoms with van der Waals surface area (Å²) < 4.78 is 0. The maximum Gasteiger partial charge on any atom is 0.220 e. The first kappa shape index (κ1) is 15.4. The van der Waals surface area contributed by atoms with E-state index in [1.54, 1.807) is 11.3 Å². The van der Waals surface area contributed by atoms with E-state index >= 15 is 0 Å². The fourth-order valence-corrected chi connectivity index (χ4v) is 3.58. The first-order chi connectivity index (χ1) is 9.56. The van der Waals surface area contributed by atoms with E-state index in [4.69, 9.17) is 0 Å². The number of nitrogens with zero attached hydrogens (tertiary/aromatic N) is 1. The Labute approximate surface area is 125 Å². The first-order valence-corrected chi connectivity index (χ1v) is 8.30. The Hall–Kier alpha value is -0.940. The number of carbonyl (C=O) groups excluding carboxylic acids is 1. The normalized spacial score (nSPS) is 19.6. The predicted molar refractivity (Wildman–Crippen MR) is 82.8 cm³/mol. The predicted octanol–water partition coefficient (Wildman–Crippen LogP) is 2.65. The third-order valence-corrected chi connectivity index (χ3v) is 5.18. The molecule has 0 saturated carbocycles. The molecule has 0 bridgehead atoms. The van der Waals surface area contributed by atoms with Crippen molar-refractivity contribution < 1.29 is 4.79 Å². The first-order valence-electron chi connectivity index (χ1n) is 7.48. The Kier molecular flexibility index (Phi) is 5.54. The highest BCUT2D eigenvalue weighted by Crippen LogP contribution is 2.25. The Morgan fingerprint density at radius 3 is 2.80 bits per heavy atom. The molecular weight excluding hydrogens is 270 g/mol. The molecule has 5 heteroatoms. The summed E-state index contributed by atoms with van der Waals surface area (Å²) in [5, 5.41) is 7.44. The van der Waals surface area contributed by atoms with Gasteiger partial charge in [-0.05, 0) is 51.6 Å². The average Bonchev–Trinajstić information content (AvgIpc) is 2.86. The van der Waals surface area contributed by atoms with E-state index in [-0.39, 0.29) is 11.9 Å². The molecule has 2 rings (SSSR count). The molecule has 2 unspecified atom stereocenters. The highest BCUT2D eigenvalue weighted by molar-refractivity contribution is 7.11. The van der Waals surface area contributed by atoms with Crippen molar-refractivity contribution in [1.82, 2.24) is 15.6 Å². The topological polar surface area (TPSA) is 54.0 Å². The van der Waals surface area contributed by atoms with Crippen LogP contribution in [0.2, 0.25) is 0 Å². The van der Waals surface area contributed by atoms with Crippen LogP contribution in [0.4, 0.5) is 0 Å². The van der Waals surface area contributed by atoms with Gasteiger partial charge in [0.15, 0.2) is 0 Å². The molecule has 112 valence electrons. The molecule has 20 heavy (non-hydrogen) atoms. The van der Waals surface area contributed by atoms with Gasteiger partial charge in [0.1, 0.15) is 5.01 Å². The number of rotatable bonds is 5. The van der Waals surface area contributed by atoms with Crippen LogP contribution in [0.5, 0.6) is 0 Å². The third kappa shape index (κ3) is 4.28. The van der Waals surface area contributed by atoms with Gasteiger partial charge < -0.3 is 10.6 Å². The smallest absolute Gasteiger partial charge is 0.220 e. The van der Waals surface area contributed by atoms with Crippen LogP contribution in [0.25, 0.3) is 0 Å². The summed E-state index contributed by atoms with van der Waals surface area (Å²) in [6.45, 7) is 8.42. The molecule has 0 spiro atoms. The van der Waals surface area contributed by atoms with Crippen molar-refractivity contribution in [2.75, 3.05) is 13.1 Å². The third-order valence-electron chi connectivity index (χ3n) is 4.08. The summed E-state index contributed by atoms with van der Waals surface area (Å²) in [6.07, 6.45) is 4.87. The molecular formula is C15H25N3OS. The van der Waals surface area contributed by atoms with Gasteiger partial charge in [-0.25, -0.2) is 4.98 Å². The van der Waals surface area contributed by atoms with Crippen LogP contribution in [0.15, 0.2) is 6.20 Å². The van der Waals surface area contributed by atoms with E-state index in [0.29, 0.717) is 18.3 Å². The minimum absolute atomic E-state index is 0.0152. The molecule has 1 fully saturated rings. The molecule has 2 N–H and O–H groups in total. The van der Waals surface area contributed by atoms with Crippen molar-refractivity contribution in [2.45, 2.75) is 46.1 Å². The summed E-state index contributed by atoms with van der Waals surface area (Å²) >= 11 is 1.65. The number of hydrogen-bond donors (Lipinski definition) is 2. The largest absolute Gasteiger partial charge is 0.347 e. The van der Waals surface area contributed by atoms with E-state index in [0.717, 1.165) is 18.1 Å². The molecule has 1 saturated heterocycles. The number of piperidine rings is 1. The molecule has 1 aromatic rings. The van der Waals surface area contributed by atoms with Crippen molar-refractivity contribution in [3.05, 3.63) is 16.1 Å². The quantitative estimate of drug-likeness (QED) is 0.878. The van der Waals surface area contributed by atoms with Crippen molar-refractivity contribution in [3.63, 3.8) is 0 Å². The van der Waals surface area contributed by atoms with E-state index in [1.165, 1.54) is 17.7 Å². The van der Waals surface area contributed by atoms with Gasteiger partial charge in [0.25, 0.3) is 0 Å². The molecule has 0 aromatic carbocycles. The van der Waals surface area contributed by atoms with Crippen LogP contribution in [0.1, 0.15) is 49.0 Å². The van der Waals surface area contributed by atoms with Crippen molar-refractivity contribution in [3.8, 4) is 0 Å². The Morgan fingerprint density at radius 2 is 2.20 bits per heavy atom. The average molecular weight is 295 g/mol. The second-order valence-corrected chi connectivity index (χ2v) is 7.13. The van der Waals surface area contributed by atoms with Gasteiger partial charge in [-0.2, -0.15) is 0 Å². The zero-order valence-electron chi connectivity index (χ0n) is 12.6. The molecule has 4 nitrogen and oxygen atoms in total.